The van der Waals surface area contributed by atoms with Gasteiger partial charge >= 0.3 is 0 Å². The maximum Gasteiger partial charge on any atom is 0.0985 e. The van der Waals surface area contributed by atoms with Crippen LogP contribution in [0.4, 0.5) is 0 Å². The van der Waals surface area contributed by atoms with Crippen LogP contribution in [0.1, 0.15) is 49.7 Å². The zero-order chi connectivity index (χ0) is 19.8. The van der Waals surface area contributed by atoms with E-state index in [4.69, 9.17) is 0 Å². The predicted octanol–water partition coefficient (Wildman–Crippen LogP) is 6.17. The third-order valence-corrected chi connectivity index (χ3v) is 6.96. The van der Waals surface area contributed by atoms with Crippen molar-refractivity contribution in [1.29, 1.82) is 0 Å². The maximum absolute atomic E-state index is 2.74. The van der Waals surface area contributed by atoms with Crippen LogP contribution in [0.2, 0.25) is 0 Å². The molecule has 148 valence electrons. The molecule has 0 aromatic heterocycles. The van der Waals surface area contributed by atoms with E-state index in [0.717, 1.165) is 0 Å². The van der Waals surface area contributed by atoms with Crippen LogP contribution in [0.5, 0.6) is 0 Å². The van der Waals surface area contributed by atoms with Crippen molar-refractivity contribution in [2.24, 2.45) is 0 Å². The summed E-state index contributed by atoms with van der Waals surface area (Å²) in [5, 5.41) is 0. The second kappa shape index (κ2) is 7.59. The monoisotopic (exact) mass is 382 g/mol. The molecule has 5 rings (SSSR count). The molecule has 1 aliphatic heterocycles. The van der Waals surface area contributed by atoms with Gasteiger partial charge < -0.3 is 9.80 Å². The van der Waals surface area contributed by atoms with Gasteiger partial charge in [0, 0.05) is 24.4 Å². The Kier molecular flexibility index (Phi) is 4.79. The highest BCUT2D eigenvalue weighted by Crippen LogP contribution is 2.46. The van der Waals surface area contributed by atoms with E-state index < -0.39 is 0 Å². The van der Waals surface area contributed by atoms with Crippen LogP contribution in [-0.2, 0) is 0 Å². The van der Waals surface area contributed by atoms with Crippen LogP contribution in [0.25, 0.3) is 5.57 Å². The van der Waals surface area contributed by atoms with E-state index in [1.165, 1.54) is 42.4 Å². The molecule has 3 aliphatic rings. The minimum absolute atomic E-state index is 0.313. The first-order valence-corrected chi connectivity index (χ1v) is 11.0. The Morgan fingerprint density at radius 1 is 0.828 bits per heavy atom. The van der Waals surface area contributed by atoms with Gasteiger partial charge in [0.25, 0.3) is 0 Å². The standard InChI is InChI=1S/C27H30N2/c1-20-28(2)25-18-9-10-19-26(25)29(20)27-23(21-12-5-3-6-13-21)16-11-17-24(27)22-14-7-4-8-15-22/h3-8,11-17,20,23,27H,9-10,18-19H2,1-2H3. The average molecular weight is 383 g/mol. The highest BCUT2D eigenvalue weighted by molar-refractivity contribution is 5.74. The van der Waals surface area contributed by atoms with E-state index in [9.17, 15) is 0 Å². The van der Waals surface area contributed by atoms with Gasteiger partial charge in [-0.2, -0.15) is 0 Å². The lowest BCUT2D eigenvalue weighted by Gasteiger charge is -2.43. The van der Waals surface area contributed by atoms with Gasteiger partial charge in [0.1, 0.15) is 0 Å². The molecule has 0 saturated carbocycles. The van der Waals surface area contributed by atoms with Gasteiger partial charge in [-0.3, -0.25) is 0 Å². The van der Waals surface area contributed by atoms with Crippen molar-refractivity contribution in [3.05, 3.63) is 101 Å². The summed E-state index contributed by atoms with van der Waals surface area (Å²) in [4.78, 5) is 5.27. The Labute approximate surface area is 174 Å². The first kappa shape index (κ1) is 18.3. The van der Waals surface area contributed by atoms with Crippen molar-refractivity contribution in [2.45, 2.75) is 50.7 Å². The van der Waals surface area contributed by atoms with Crippen LogP contribution in [-0.4, -0.2) is 29.1 Å². The van der Waals surface area contributed by atoms with Gasteiger partial charge in [0.05, 0.1) is 12.2 Å². The largest absolute Gasteiger partial charge is 0.356 e. The summed E-state index contributed by atoms with van der Waals surface area (Å²) in [6, 6.07) is 22.3. The zero-order valence-electron chi connectivity index (χ0n) is 17.5. The van der Waals surface area contributed by atoms with E-state index in [1.807, 2.05) is 0 Å². The van der Waals surface area contributed by atoms with E-state index in [-0.39, 0.29) is 0 Å². The summed E-state index contributed by atoms with van der Waals surface area (Å²) in [7, 11) is 2.29. The van der Waals surface area contributed by atoms with Crippen molar-refractivity contribution in [1.82, 2.24) is 9.80 Å². The first-order valence-electron chi connectivity index (χ1n) is 11.0. The number of hydrogen-bond acceptors (Lipinski definition) is 2. The Balaban J connectivity index is 1.65. The van der Waals surface area contributed by atoms with Crippen molar-refractivity contribution < 1.29 is 0 Å². The molecule has 0 spiro atoms. The molecule has 0 fully saturated rings. The molecular weight excluding hydrogens is 352 g/mol. The highest BCUT2D eigenvalue weighted by atomic mass is 15.4. The minimum Gasteiger partial charge on any atom is -0.356 e. The molecule has 0 N–H and O–H groups in total. The summed E-state index contributed by atoms with van der Waals surface area (Å²) in [5.74, 6) is 0.348. The summed E-state index contributed by atoms with van der Waals surface area (Å²) in [6.07, 6.45) is 12.4. The number of benzene rings is 2. The van der Waals surface area contributed by atoms with Crippen molar-refractivity contribution in [3.8, 4) is 0 Å². The average Bonchev–Trinajstić information content (AvgIpc) is 3.04. The number of hydrogen-bond donors (Lipinski definition) is 0. The van der Waals surface area contributed by atoms with Crippen molar-refractivity contribution in [2.75, 3.05) is 7.05 Å². The highest BCUT2D eigenvalue weighted by Gasteiger charge is 2.42. The molecular formula is C27H30N2. The Bertz CT molecular complexity index is 955. The second-order valence-electron chi connectivity index (χ2n) is 8.50. The van der Waals surface area contributed by atoms with Crippen molar-refractivity contribution in [3.63, 3.8) is 0 Å². The summed E-state index contributed by atoms with van der Waals surface area (Å²) >= 11 is 0. The molecule has 0 radical (unpaired) electrons. The molecule has 2 aromatic carbocycles. The molecule has 2 aromatic rings. The molecule has 29 heavy (non-hydrogen) atoms. The predicted molar refractivity (Wildman–Crippen MR) is 121 cm³/mol. The van der Waals surface area contributed by atoms with Crippen LogP contribution in [0.15, 0.2) is 90.3 Å². The van der Waals surface area contributed by atoms with Crippen molar-refractivity contribution >= 4 is 5.57 Å². The van der Waals surface area contributed by atoms with E-state index in [2.05, 4.69) is 103 Å². The summed E-state index contributed by atoms with van der Waals surface area (Å²) in [6.45, 7) is 2.38. The van der Waals surface area contributed by atoms with Gasteiger partial charge in [-0.25, -0.2) is 0 Å². The summed E-state index contributed by atoms with van der Waals surface area (Å²) in [5.41, 5.74) is 7.31. The molecule has 3 unspecified atom stereocenters. The lowest BCUT2D eigenvalue weighted by molar-refractivity contribution is 0.146. The van der Waals surface area contributed by atoms with Crippen LogP contribution >= 0.6 is 0 Å². The molecule has 3 atom stereocenters. The summed E-state index contributed by atoms with van der Waals surface area (Å²) < 4.78 is 0. The topological polar surface area (TPSA) is 6.48 Å². The molecule has 0 amide bonds. The number of allylic oxidation sites excluding steroid dienone is 4. The third kappa shape index (κ3) is 3.11. The fraction of sp³-hybridized carbons (Fsp3) is 0.333. The smallest absolute Gasteiger partial charge is 0.0985 e. The Morgan fingerprint density at radius 3 is 2.21 bits per heavy atom. The lowest BCUT2D eigenvalue weighted by atomic mass is 9.79. The van der Waals surface area contributed by atoms with Crippen LogP contribution < -0.4 is 0 Å². The Morgan fingerprint density at radius 2 is 1.48 bits per heavy atom. The number of rotatable bonds is 3. The minimum atomic E-state index is 0.313. The SMILES string of the molecule is CC1N(C)C2=C(CCCC2)N1C1C(c2ccccc2)=CC=CC1c1ccccc1. The number of nitrogens with zero attached hydrogens (tertiary/aromatic N) is 2. The maximum atomic E-state index is 2.74. The van der Waals surface area contributed by atoms with Crippen LogP contribution in [0, 0.1) is 0 Å². The van der Waals surface area contributed by atoms with Gasteiger partial charge in [-0.05, 0) is 49.3 Å². The molecule has 0 saturated heterocycles. The molecule has 2 aliphatic carbocycles. The van der Waals surface area contributed by atoms with E-state index >= 15 is 0 Å². The molecule has 1 heterocycles. The fourth-order valence-electron chi connectivity index (χ4n) is 5.43. The van der Waals surface area contributed by atoms with Gasteiger partial charge in [0.2, 0.25) is 0 Å². The van der Waals surface area contributed by atoms with Gasteiger partial charge in [-0.1, -0.05) is 78.9 Å². The van der Waals surface area contributed by atoms with Gasteiger partial charge in [0.15, 0.2) is 0 Å². The molecule has 2 heteroatoms. The lowest BCUT2D eigenvalue weighted by Crippen LogP contribution is -2.46. The quantitative estimate of drug-likeness (QED) is 0.626. The van der Waals surface area contributed by atoms with E-state index in [1.54, 1.807) is 11.4 Å². The van der Waals surface area contributed by atoms with Crippen LogP contribution in [0.3, 0.4) is 0 Å². The first-order chi connectivity index (χ1) is 14.3. The molecule has 0 bridgehead atoms. The third-order valence-electron chi connectivity index (χ3n) is 6.96. The second-order valence-corrected chi connectivity index (χ2v) is 8.50. The van der Waals surface area contributed by atoms with Gasteiger partial charge in [-0.15, -0.1) is 0 Å². The van der Waals surface area contributed by atoms with E-state index in [0.29, 0.717) is 18.1 Å². The Hall–Kier alpha value is -2.74. The zero-order valence-corrected chi connectivity index (χ0v) is 17.5. The molecule has 2 nitrogen and oxygen atoms in total. The fourth-order valence-corrected chi connectivity index (χ4v) is 5.43. The normalized spacial score (nSPS) is 26.6.